The van der Waals surface area contributed by atoms with Gasteiger partial charge in [0, 0.05) is 17.0 Å². The first-order valence-corrected chi connectivity index (χ1v) is 9.38. The number of nitrogens with one attached hydrogen (secondary N) is 2. The molecule has 1 aromatic heterocycles. The van der Waals surface area contributed by atoms with Crippen molar-refractivity contribution in [2.24, 2.45) is 0 Å². The zero-order valence-corrected chi connectivity index (χ0v) is 13.6. The summed E-state index contributed by atoms with van der Waals surface area (Å²) in [5.74, 6) is 0.883. The summed E-state index contributed by atoms with van der Waals surface area (Å²) in [7, 11) is -3.13. The number of aromatic nitrogens is 2. The van der Waals surface area contributed by atoms with Crippen LogP contribution in [0.25, 0.3) is 10.9 Å². The third kappa shape index (κ3) is 3.41. The van der Waals surface area contributed by atoms with E-state index < -0.39 is 10.0 Å². The van der Waals surface area contributed by atoms with Gasteiger partial charge in [0.2, 0.25) is 10.0 Å². The van der Waals surface area contributed by atoms with Crippen LogP contribution < -0.4 is 9.46 Å². The predicted octanol–water partition coefficient (Wildman–Crippen LogP) is 2.11. The summed E-state index contributed by atoms with van der Waals surface area (Å²) in [6.07, 6.45) is 6.49. The minimum atomic E-state index is -3.13. The number of hydrogen-bond acceptors (Lipinski definition) is 4. The molecule has 1 heterocycles. The lowest BCUT2D eigenvalue weighted by atomic mass is 9.93. The van der Waals surface area contributed by atoms with Gasteiger partial charge in [-0.25, -0.2) is 13.1 Å². The number of aromatic amines is 1. The van der Waals surface area contributed by atoms with Crippen molar-refractivity contribution in [3.8, 4) is 5.75 Å². The lowest BCUT2D eigenvalue weighted by Gasteiger charge is -2.29. The van der Waals surface area contributed by atoms with Crippen LogP contribution in [0, 0.1) is 6.92 Å². The zero-order valence-electron chi connectivity index (χ0n) is 12.8. The van der Waals surface area contributed by atoms with Gasteiger partial charge in [-0.1, -0.05) is 0 Å². The Morgan fingerprint density at radius 2 is 2.00 bits per heavy atom. The Morgan fingerprint density at radius 1 is 1.27 bits per heavy atom. The maximum Gasteiger partial charge on any atom is 0.208 e. The van der Waals surface area contributed by atoms with Crippen molar-refractivity contribution >= 4 is 20.9 Å². The number of nitrogens with zero attached hydrogens (tertiary/aromatic N) is 1. The van der Waals surface area contributed by atoms with E-state index in [9.17, 15) is 8.42 Å². The monoisotopic (exact) mass is 323 g/mol. The average Bonchev–Trinajstić information content (AvgIpc) is 2.92. The van der Waals surface area contributed by atoms with Crippen molar-refractivity contribution in [1.82, 2.24) is 14.9 Å². The predicted molar refractivity (Wildman–Crippen MR) is 85.5 cm³/mol. The second kappa shape index (κ2) is 5.89. The molecule has 0 saturated heterocycles. The van der Waals surface area contributed by atoms with Crippen molar-refractivity contribution < 1.29 is 13.2 Å². The van der Waals surface area contributed by atoms with Crippen LogP contribution in [-0.2, 0) is 10.0 Å². The first-order valence-electron chi connectivity index (χ1n) is 7.49. The van der Waals surface area contributed by atoms with Gasteiger partial charge in [-0.15, -0.1) is 0 Å². The topological polar surface area (TPSA) is 84.1 Å². The summed E-state index contributed by atoms with van der Waals surface area (Å²) < 4.78 is 31.3. The SMILES string of the molecule is Cc1c(OC2CCC(NS(C)(=O)=O)CC2)ccc2[nH]ncc12. The highest BCUT2D eigenvalue weighted by molar-refractivity contribution is 7.88. The fourth-order valence-corrected chi connectivity index (χ4v) is 3.89. The number of H-pyrrole nitrogens is 1. The molecule has 0 radical (unpaired) electrons. The van der Waals surface area contributed by atoms with E-state index in [0.29, 0.717) is 0 Å². The standard InChI is InChI=1S/C15H21N3O3S/c1-10-13-9-16-17-14(13)7-8-15(10)21-12-5-3-11(4-6-12)18-22(2,19)20/h7-9,11-12,18H,3-6H2,1-2H3,(H,16,17). The highest BCUT2D eigenvalue weighted by Gasteiger charge is 2.24. The maximum atomic E-state index is 11.3. The molecule has 2 aromatic rings. The Morgan fingerprint density at radius 3 is 2.68 bits per heavy atom. The van der Waals surface area contributed by atoms with Crippen molar-refractivity contribution in [2.75, 3.05) is 6.26 Å². The molecule has 120 valence electrons. The van der Waals surface area contributed by atoms with E-state index in [1.807, 2.05) is 25.3 Å². The Bertz CT molecular complexity index is 761. The molecule has 0 spiro atoms. The molecule has 1 fully saturated rings. The molecule has 22 heavy (non-hydrogen) atoms. The third-order valence-corrected chi connectivity index (χ3v) is 4.95. The van der Waals surface area contributed by atoms with Crippen LogP contribution in [0.4, 0.5) is 0 Å². The van der Waals surface area contributed by atoms with Gasteiger partial charge in [-0.05, 0) is 44.7 Å². The molecule has 3 rings (SSSR count). The largest absolute Gasteiger partial charge is 0.490 e. The molecular weight excluding hydrogens is 302 g/mol. The number of benzene rings is 1. The highest BCUT2D eigenvalue weighted by Crippen LogP contribution is 2.30. The molecule has 0 atom stereocenters. The van der Waals surface area contributed by atoms with Gasteiger partial charge < -0.3 is 4.74 Å². The Balaban J connectivity index is 1.63. The maximum absolute atomic E-state index is 11.3. The Kier molecular flexibility index (Phi) is 4.10. The van der Waals surface area contributed by atoms with Crippen LogP contribution in [0.5, 0.6) is 5.75 Å². The van der Waals surface area contributed by atoms with Crippen LogP contribution >= 0.6 is 0 Å². The summed E-state index contributed by atoms with van der Waals surface area (Å²) >= 11 is 0. The van der Waals surface area contributed by atoms with E-state index in [2.05, 4.69) is 14.9 Å². The molecule has 0 aliphatic heterocycles. The molecule has 1 aromatic carbocycles. The van der Waals surface area contributed by atoms with E-state index in [0.717, 1.165) is 47.9 Å². The van der Waals surface area contributed by atoms with E-state index in [1.165, 1.54) is 6.26 Å². The van der Waals surface area contributed by atoms with Crippen molar-refractivity contribution in [3.63, 3.8) is 0 Å². The van der Waals surface area contributed by atoms with Crippen molar-refractivity contribution in [3.05, 3.63) is 23.9 Å². The second-order valence-electron chi connectivity index (χ2n) is 6.00. The van der Waals surface area contributed by atoms with Crippen LogP contribution in [0.2, 0.25) is 0 Å². The lowest BCUT2D eigenvalue weighted by Crippen LogP contribution is -2.39. The molecule has 1 saturated carbocycles. The second-order valence-corrected chi connectivity index (χ2v) is 7.78. The van der Waals surface area contributed by atoms with Gasteiger partial charge in [-0.2, -0.15) is 5.10 Å². The summed E-state index contributed by atoms with van der Waals surface area (Å²) in [6.45, 7) is 2.03. The van der Waals surface area contributed by atoms with E-state index in [4.69, 9.17) is 4.74 Å². The van der Waals surface area contributed by atoms with E-state index in [-0.39, 0.29) is 12.1 Å². The zero-order chi connectivity index (χ0) is 15.7. The van der Waals surface area contributed by atoms with Crippen LogP contribution in [0.3, 0.4) is 0 Å². The summed E-state index contributed by atoms with van der Waals surface area (Å²) in [5, 5.41) is 8.07. The van der Waals surface area contributed by atoms with Crippen molar-refractivity contribution in [1.29, 1.82) is 0 Å². The number of fused-ring (bicyclic) bond motifs is 1. The Labute approximate surface area is 130 Å². The van der Waals surface area contributed by atoms with Crippen LogP contribution in [-0.4, -0.2) is 37.0 Å². The molecule has 0 bridgehead atoms. The molecule has 0 amide bonds. The average molecular weight is 323 g/mol. The molecule has 6 nitrogen and oxygen atoms in total. The molecule has 7 heteroatoms. The number of hydrogen-bond donors (Lipinski definition) is 2. The van der Waals surface area contributed by atoms with Gasteiger partial charge >= 0.3 is 0 Å². The molecule has 0 unspecified atom stereocenters. The normalized spacial score (nSPS) is 22.8. The minimum Gasteiger partial charge on any atom is -0.490 e. The molecule has 1 aliphatic rings. The van der Waals surface area contributed by atoms with E-state index >= 15 is 0 Å². The minimum absolute atomic E-state index is 0.0345. The fraction of sp³-hybridized carbons (Fsp3) is 0.533. The van der Waals surface area contributed by atoms with Gasteiger partial charge in [-0.3, -0.25) is 5.10 Å². The van der Waals surface area contributed by atoms with Gasteiger partial charge in [0.1, 0.15) is 5.75 Å². The first-order chi connectivity index (χ1) is 10.4. The van der Waals surface area contributed by atoms with E-state index in [1.54, 1.807) is 0 Å². The van der Waals surface area contributed by atoms with Gasteiger partial charge in [0.15, 0.2) is 0 Å². The number of ether oxygens (including phenoxy) is 1. The Hall–Kier alpha value is -1.60. The molecular formula is C15H21N3O3S. The quantitative estimate of drug-likeness (QED) is 0.902. The third-order valence-electron chi connectivity index (χ3n) is 4.19. The van der Waals surface area contributed by atoms with Crippen molar-refractivity contribution in [2.45, 2.75) is 44.8 Å². The number of sulfonamides is 1. The van der Waals surface area contributed by atoms with Gasteiger partial charge in [0.05, 0.1) is 24.1 Å². The summed E-state index contributed by atoms with van der Waals surface area (Å²) in [6, 6.07) is 3.98. The number of aryl methyl sites for hydroxylation is 1. The smallest absolute Gasteiger partial charge is 0.208 e. The van der Waals surface area contributed by atoms with Crippen LogP contribution in [0.15, 0.2) is 18.3 Å². The molecule has 2 N–H and O–H groups in total. The van der Waals surface area contributed by atoms with Gasteiger partial charge in [0.25, 0.3) is 0 Å². The lowest BCUT2D eigenvalue weighted by molar-refractivity contribution is 0.143. The summed E-state index contributed by atoms with van der Waals surface area (Å²) in [5.41, 5.74) is 2.09. The fourth-order valence-electron chi connectivity index (χ4n) is 3.05. The summed E-state index contributed by atoms with van der Waals surface area (Å²) in [4.78, 5) is 0. The first kappa shape index (κ1) is 15.3. The highest BCUT2D eigenvalue weighted by atomic mass is 32.2. The molecule has 1 aliphatic carbocycles. The number of rotatable bonds is 4. The van der Waals surface area contributed by atoms with Crippen LogP contribution in [0.1, 0.15) is 31.2 Å².